The van der Waals surface area contributed by atoms with Crippen molar-refractivity contribution in [2.75, 3.05) is 6.61 Å². The van der Waals surface area contributed by atoms with Gasteiger partial charge in [-0.3, -0.25) is 14.9 Å². The number of carbonyl (C=O) groups excluding carboxylic acids is 2. The molecular formula is C24H14BrClN2O5. The number of nitrogens with zero attached hydrogens (tertiary/aromatic N) is 2. The molecule has 7 nitrogen and oxygen atoms in total. The number of ketones is 1. The van der Waals surface area contributed by atoms with Crippen molar-refractivity contribution in [3.63, 3.8) is 0 Å². The van der Waals surface area contributed by atoms with E-state index in [1.165, 1.54) is 12.1 Å². The van der Waals surface area contributed by atoms with Crippen molar-refractivity contribution in [2.45, 2.75) is 0 Å². The Hall–Kier alpha value is -3.62. The van der Waals surface area contributed by atoms with Gasteiger partial charge in [-0.15, -0.1) is 0 Å². The number of hydrogen-bond acceptors (Lipinski definition) is 6. The van der Waals surface area contributed by atoms with Gasteiger partial charge < -0.3 is 4.74 Å². The molecule has 0 bridgehead atoms. The lowest BCUT2D eigenvalue weighted by Gasteiger charge is -2.10. The number of nitro benzene ring substituents is 1. The van der Waals surface area contributed by atoms with Gasteiger partial charge in [0.2, 0.25) is 5.78 Å². The zero-order chi connectivity index (χ0) is 23.5. The van der Waals surface area contributed by atoms with E-state index in [9.17, 15) is 19.7 Å². The molecule has 9 heteroatoms. The lowest BCUT2D eigenvalue weighted by Crippen LogP contribution is -2.15. The highest BCUT2D eigenvalue weighted by molar-refractivity contribution is 9.10. The minimum Gasteiger partial charge on any atom is -0.454 e. The summed E-state index contributed by atoms with van der Waals surface area (Å²) in [4.78, 5) is 40.4. The van der Waals surface area contributed by atoms with Crippen molar-refractivity contribution < 1.29 is 19.2 Å². The number of rotatable bonds is 6. The van der Waals surface area contributed by atoms with E-state index in [1.54, 1.807) is 24.3 Å². The Morgan fingerprint density at radius 1 is 1.03 bits per heavy atom. The van der Waals surface area contributed by atoms with Crippen LogP contribution < -0.4 is 0 Å². The molecule has 4 rings (SSSR count). The molecule has 0 saturated carbocycles. The SMILES string of the molecule is O=C(COC(=O)c1cc(-c2ccc(Br)cc2)nc2ccccc12)c1ccc(Cl)c([N+](=O)[O-])c1. The number of nitro groups is 1. The monoisotopic (exact) mass is 524 g/mol. The summed E-state index contributed by atoms with van der Waals surface area (Å²) >= 11 is 9.18. The summed E-state index contributed by atoms with van der Waals surface area (Å²) in [5.41, 5.74) is 1.87. The zero-order valence-corrected chi connectivity index (χ0v) is 19.2. The van der Waals surface area contributed by atoms with Crippen LogP contribution in [0.25, 0.3) is 22.2 Å². The number of benzene rings is 3. The largest absolute Gasteiger partial charge is 0.454 e. The molecule has 0 amide bonds. The third-order valence-corrected chi connectivity index (χ3v) is 5.72. The molecule has 0 unspecified atom stereocenters. The second-order valence-corrected chi connectivity index (χ2v) is 8.32. The normalized spacial score (nSPS) is 10.7. The van der Waals surface area contributed by atoms with E-state index in [0.29, 0.717) is 16.6 Å². The Balaban J connectivity index is 1.61. The number of hydrogen-bond donors (Lipinski definition) is 0. The molecular weight excluding hydrogens is 512 g/mol. The van der Waals surface area contributed by atoms with Crippen LogP contribution in [-0.4, -0.2) is 28.3 Å². The van der Waals surface area contributed by atoms with Crippen LogP contribution in [0, 0.1) is 10.1 Å². The highest BCUT2D eigenvalue weighted by Crippen LogP contribution is 2.27. The van der Waals surface area contributed by atoms with Gasteiger partial charge in [0.25, 0.3) is 5.69 Å². The number of ether oxygens (including phenoxy) is 1. The van der Waals surface area contributed by atoms with E-state index in [2.05, 4.69) is 20.9 Å². The number of aromatic nitrogens is 1. The molecule has 0 aliphatic carbocycles. The lowest BCUT2D eigenvalue weighted by atomic mass is 10.0. The van der Waals surface area contributed by atoms with Gasteiger partial charge in [0.1, 0.15) is 5.02 Å². The molecule has 0 fully saturated rings. The van der Waals surface area contributed by atoms with Gasteiger partial charge in [-0.1, -0.05) is 57.9 Å². The Bertz CT molecular complexity index is 1410. The number of pyridine rings is 1. The molecule has 4 aromatic rings. The van der Waals surface area contributed by atoms with Crippen LogP contribution in [0.2, 0.25) is 5.02 Å². The zero-order valence-electron chi connectivity index (χ0n) is 16.8. The quantitative estimate of drug-likeness (QED) is 0.127. The second kappa shape index (κ2) is 9.48. The van der Waals surface area contributed by atoms with Gasteiger partial charge in [-0.05, 0) is 36.4 Å². The lowest BCUT2D eigenvalue weighted by molar-refractivity contribution is -0.384. The highest BCUT2D eigenvalue weighted by Gasteiger charge is 2.20. The van der Waals surface area contributed by atoms with Crippen molar-refractivity contribution in [1.82, 2.24) is 4.98 Å². The number of para-hydroxylation sites is 1. The van der Waals surface area contributed by atoms with Crippen molar-refractivity contribution in [2.24, 2.45) is 0 Å². The number of Topliss-reactive ketones (excluding diaryl/α,β-unsaturated/α-hetero) is 1. The fraction of sp³-hybridized carbons (Fsp3) is 0.0417. The molecule has 0 saturated heterocycles. The summed E-state index contributed by atoms with van der Waals surface area (Å²) in [6, 6.07) is 19.9. The van der Waals surface area contributed by atoms with E-state index in [-0.39, 0.29) is 16.1 Å². The fourth-order valence-electron chi connectivity index (χ4n) is 3.23. The summed E-state index contributed by atoms with van der Waals surface area (Å²) < 4.78 is 6.18. The first-order chi connectivity index (χ1) is 15.8. The van der Waals surface area contributed by atoms with Gasteiger partial charge in [-0.25, -0.2) is 9.78 Å². The van der Waals surface area contributed by atoms with Gasteiger partial charge in [0.15, 0.2) is 6.61 Å². The van der Waals surface area contributed by atoms with E-state index in [1.807, 2.05) is 30.3 Å². The van der Waals surface area contributed by atoms with Crippen LogP contribution in [0.1, 0.15) is 20.7 Å². The molecule has 0 aliphatic heterocycles. The minimum atomic E-state index is -0.705. The molecule has 1 heterocycles. The van der Waals surface area contributed by atoms with Crippen molar-refractivity contribution in [3.05, 3.63) is 104 Å². The van der Waals surface area contributed by atoms with Crippen LogP contribution in [0.4, 0.5) is 5.69 Å². The first-order valence-electron chi connectivity index (χ1n) is 9.63. The maximum atomic E-state index is 12.9. The van der Waals surface area contributed by atoms with E-state index >= 15 is 0 Å². The minimum absolute atomic E-state index is 0.0223. The summed E-state index contributed by atoms with van der Waals surface area (Å²) in [5.74, 6) is -1.29. The van der Waals surface area contributed by atoms with E-state index < -0.39 is 29.0 Å². The average Bonchev–Trinajstić information content (AvgIpc) is 2.82. The second-order valence-electron chi connectivity index (χ2n) is 7.00. The van der Waals surface area contributed by atoms with Crippen LogP contribution in [0.5, 0.6) is 0 Å². The first-order valence-corrected chi connectivity index (χ1v) is 10.8. The van der Waals surface area contributed by atoms with Crippen molar-refractivity contribution in [1.29, 1.82) is 0 Å². The molecule has 1 aromatic heterocycles. The van der Waals surface area contributed by atoms with Gasteiger partial charge >= 0.3 is 5.97 Å². The smallest absolute Gasteiger partial charge is 0.339 e. The maximum Gasteiger partial charge on any atom is 0.339 e. The Labute approximate surface area is 201 Å². The molecule has 0 radical (unpaired) electrons. The molecule has 0 atom stereocenters. The Morgan fingerprint density at radius 3 is 2.48 bits per heavy atom. The number of halogens is 2. The Kier molecular flexibility index (Phi) is 6.48. The predicted molar refractivity (Wildman–Crippen MR) is 128 cm³/mol. The predicted octanol–water partition coefficient (Wildman–Crippen LogP) is 6.27. The molecule has 3 aromatic carbocycles. The highest BCUT2D eigenvalue weighted by atomic mass is 79.9. The summed E-state index contributed by atoms with van der Waals surface area (Å²) in [6.45, 7) is -0.581. The maximum absolute atomic E-state index is 12.9. The first kappa shape index (κ1) is 22.6. The molecule has 0 N–H and O–H groups in total. The van der Waals surface area contributed by atoms with Gasteiger partial charge in [0, 0.05) is 27.1 Å². The van der Waals surface area contributed by atoms with E-state index in [0.717, 1.165) is 16.1 Å². The van der Waals surface area contributed by atoms with Crippen molar-refractivity contribution >= 4 is 55.9 Å². The standard InChI is InChI=1S/C24H14BrClN2O5/c25-16-8-5-14(6-9-16)21-12-18(17-3-1-2-4-20(17)27-21)24(30)33-13-23(29)15-7-10-19(26)22(11-15)28(31)32/h1-12H,13H2. The summed E-state index contributed by atoms with van der Waals surface area (Å²) in [7, 11) is 0. The number of esters is 1. The molecule has 0 spiro atoms. The molecule has 0 aliphatic rings. The number of fused-ring (bicyclic) bond motifs is 1. The van der Waals surface area contributed by atoms with Crippen LogP contribution in [0.15, 0.2) is 77.3 Å². The summed E-state index contributed by atoms with van der Waals surface area (Å²) in [6.07, 6.45) is 0. The third kappa shape index (κ3) is 4.92. The molecule has 33 heavy (non-hydrogen) atoms. The third-order valence-electron chi connectivity index (χ3n) is 4.88. The van der Waals surface area contributed by atoms with Crippen LogP contribution in [-0.2, 0) is 4.74 Å². The van der Waals surface area contributed by atoms with Crippen LogP contribution in [0.3, 0.4) is 0 Å². The number of carbonyl (C=O) groups is 2. The van der Waals surface area contributed by atoms with Gasteiger partial charge in [0.05, 0.1) is 21.7 Å². The molecule has 164 valence electrons. The Morgan fingerprint density at radius 2 is 1.76 bits per heavy atom. The summed E-state index contributed by atoms with van der Waals surface area (Å²) in [5, 5.41) is 11.6. The van der Waals surface area contributed by atoms with Crippen LogP contribution >= 0.6 is 27.5 Å². The fourth-order valence-corrected chi connectivity index (χ4v) is 3.68. The average molecular weight is 526 g/mol. The topological polar surface area (TPSA) is 99.4 Å². The van der Waals surface area contributed by atoms with Crippen molar-refractivity contribution in [3.8, 4) is 11.3 Å². The van der Waals surface area contributed by atoms with Gasteiger partial charge in [-0.2, -0.15) is 0 Å². The van der Waals surface area contributed by atoms with E-state index in [4.69, 9.17) is 16.3 Å².